The summed E-state index contributed by atoms with van der Waals surface area (Å²) in [5.74, 6) is 0.907. The quantitative estimate of drug-likeness (QED) is 0.284. The summed E-state index contributed by atoms with van der Waals surface area (Å²) in [7, 11) is 0. The Morgan fingerprint density at radius 1 is 0.645 bits per heavy atom. The molecule has 4 nitrogen and oxygen atoms in total. The summed E-state index contributed by atoms with van der Waals surface area (Å²) >= 11 is 0. The Morgan fingerprint density at radius 3 is 1.84 bits per heavy atom. The van der Waals surface area contributed by atoms with E-state index in [9.17, 15) is 0 Å². The van der Waals surface area contributed by atoms with Gasteiger partial charge in [-0.25, -0.2) is 4.98 Å². The molecule has 0 saturated heterocycles. The molecule has 4 aromatic rings. The average molecular weight is 410 g/mol. The van der Waals surface area contributed by atoms with Crippen LogP contribution in [-0.2, 0) is 0 Å². The highest BCUT2D eigenvalue weighted by molar-refractivity contribution is 5.74. The van der Waals surface area contributed by atoms with E-state index in [1.807, 2.05) is 48.5 Å². The molecule has 0 fully saturated rings. The van der Waals surface area contributed by atoms with Crippen molar-refractivity contribution in [3.8, 4) is 39.7 Å². The van der Waals surface area contributed by atoms with Crippen LogP contribution in [0.25, 0.3) is 33.9 Å². The van der Waals surface area contributed by atoms with Gasteiger partial charge in [0.1, 0.15) is 5.75 Å². The minimum absolute atomic E-state index is 0.766. The fraction of sp³-hybridized carbons (Fsp3) is 0.222. The van der Waals surface area contributed by atoms with Gasteiger partial charge in [0.05, 0.1) is 29.4 Å². The summed E-state index contributed by atoms with van der Waals surface area (Å²) in [6, 6.07) is 24.2. The summed E-state index contributed by atoms with van der Waals surface area (Å²) in [6.45, 7) is 2.99. The number of hydrogen-bond donors (Lipinski definition) is 0. The first-order valence-electron chi connectivity index (χ1n) is 10.9. The predicted octanol–water partition coefficient (Wildman–Crippen LogP) is 6.83. The van der Waals surface area contributed by atoms with Crippen molar-refractivity contribution in [1.29, 1.82) is 0 Å². The van der Waals surface area contributed by atoms with Crippen LogP contribution < -0.4 is 4.74 Å². The molecule has 3 aromatic heterocycles. The van der Waals surface area contributed by atoms with E-state index >= 15 is 0 Å². The van der Waals surface area contributed by atoms with Gasteiger partial charge < -0.3 is 4.74 Å². The van der Waals surface area contributed by atoms with Gasteiger partial charge in [0.2, 0.25) is 0 Å². The van der Waals surface area contributed by atoms with Gasteiger partial charge in [0.15, 0.2) is 0 Å². The normalized spacial score (nSPS) is 10.7. The summed E-state index contributed by atoms with van der Waals surface area (Å²) in [5, 5.41) is 0. The molecule has 31 heavy (non-hydrogen) atoms. The SMILES string of the molecule is CCCCCCOc1ccc(-c2cc(-c3ccccn3)nc(-c3ccccn3)c2)cc1. The largest absolute Gasteiger partial charge is 0.494 e. The number of hydrogen-bond acceptors (Lipinski definition) is 4. The lowest BCUT2D eigenvalue weighted by molar-refractivity contribution is 0.305. The van der Waals surface area contributed by atoms with Gasteiger partial charge >= 0.3 is 0 Å². The Kier molecular flexibility index (Phi) is 7.01. The lowest BCUT2D eigenvalue weighted by Crippen LogP contribution is -1.97. The molecule has 4 rings (SSSR count). The first-order chi connectivity index (χ1) is 15.3. The topological polar surface area (TPSA) is 47.9 Å². The summed E-state index contributed by atoms with van der Waals surface area (Å²) in [6.07, 6.45) is 8.40. The van der Waals surface area contributed by atoms with Crippen molar-refractivity contribution in [2.45, 2.75) is 32.6 Å². The third-order valence-electron chi connectivity index (χ3n) is 5.13. The zero-order valence-electron chi connectivity index (χ0n) is 17.9. The maximum absolute atomic E-state index is 5.90. The van der Waals surface area contributed by atoms with E-state index in [2.05, 4.69) is 41.2 Å². The Bertz CT molecular complexity index is 1020. The first-order valence-corrected chi connectivity index (χ1v) is 10.9. The van der Waals surface area contributed by atoms with Crippen molar-refractivity contribution in [1.82, 2.24) is 15.0 Å². The molecule has 0 spiro atoms. The third-order valence-corrected chi connectivity index (χ3v) is 5.13. The predicted molar refractivity (Wildman–Crippen MR) is 126 cm³/mol. The number of unbranched alkanes of at least 4 members (excludes halogenated alkanes) is 3. The standard InChI is InChI=1S/C27H27N3O/c1-2-3-4-9-18-31-23-14-12-21(13-15-23)22-19-26(24-10-5-7-16-28-24)30-27(20-22)25-11-6-8-17-29-25/h5-8,10-17,19-20H,2-4,9,18H2,1H3. The second-order valence-electron chi connectivity index (χ2n) is 7.49. The van der Waals surface area contributed by atoms with E-state index in [1.54, 1.807) is 12.4 Å². The molecule has 0 amide bonds. The van der Waals surface area contributed by atoms with E-state index in [4.69, 9.17) is 9.72 Å². The molecule has 0 bridgehead atoms. The van der Waals surface area contributed by atoms with Gasteiger partial charge in [0.25, 0.3) is 0 Å². The van der Waals surface area contributed by atoms with Crippen LogP contribution >= 0.6 is 0 Å². The van der Waals surface area contributed by atoms with Crippen LogP contribution in [0.15, 0.2) is 85.2 Å². The minimum Gasteiger partial charge on any atom is -0.494 e. The monoisotopic (exact) mass is 409 g/mol. The van der Waals surface area contributed by atoms with E-state index in [0.717, 1.165) is 52.7 Å². The molecule has 1 aromatic carbocycles. The van der Waals surface area contributed by atoms with Crippen molar-refractivity contribution < 1.29 is 4.74 Å². The van der Waals surface area contributed by atoms with Gasteiger partial charge in [0, 0.05) is 12.4 Å². The fourth-order valence-electron chi connectivity index (χ4n) is 3.45. The van der Waals surface area contributed by atoms with E-state index in [0.29, 0.717) is 0 Å². The molecular weight excluding hydrogens is 382 g/mol. The highest BCUT2D eigenvalue weighted by Gasteiger charge is 2.10. The Balaban J connectivity index is 1.61. The van der Waals surface area contributed by atoms with Crippen LogP contribution in [0.3, 0.4) is 0 Å². The maximum Gasteiger partial charge on any atom is 0.119 e. The van der Waals surface area contributed by atoms with Crippen LogP contribution in [0.4, 0.5) is 0 Å². The molecule has 0 aliphatic rings. The molecule has 156 valence electrons. The average Bonchev–Trinajstić information content (AvgIpc) is 2.85. The second-order valence-corrected chi connectivity index (χ2v) is 7.49. The van der Waals surface area contributed by atoms with Crippen molar-refractivity contribution in [2.75, 3.05) is 6.61 Å². The number of nitrogens with zero attached hydrogens (tertiary/aromatic N) is 3. The fourth-order valence-corrected chi connectivity index (χ4v) is 3.45. The van der Waals surface area contributed by atoms with Crippen molar-refractivity contribution >= 4 is 0 Å². The van der Waals surface area contributed by atoms with Crippen LogP contribution in [0.1, 0.15) is 32.6 Å². The maximum atomic E-state index is 5.90. The smallest absolute Gasteiger partial charge is 0.119 e. The van der Waals surface area contributed by atoms with E-state index in [1.165, 1.54) is 19.3 Å². The number of benzene rings is 1. The van der Waals surface area contributed by atoms with Crippen LogP contribution in [-0.4, -0.2) is 21.6 Å². The van der Waals surface area contributed by atoms with E-state index < -0.39 is 0 Å². The molecule has 0 saturated carbocycles. The number of rotatable bonds is 9. The van der Waals surface area contributed by atoms with Gasteiger partial charge in [-0.2, -0.15) is 0 Å². The Hall–Kier alpha value is -3.53. The zero-order valence-corrected chi connectivity index (χ0v) is 17.9. The zero-order chi connectivity index (χ0) is 21.3. The highest BCUT2D eigenvalue weighted by Crippen LogP contribution is 2.29. The summed E-state index contributed by atoms with van der Waals surface area (Å²) < 4.78 is 5.90. The minimum atomic E-state index is 0.766. The molecule has 0 unspecified atom stereocenters. The van der Waals surface area contributed by atoms with Crippen molar-refractivity contribution in [2.24, 2.45) is 0 Å². The lowest BCUT2D eigenvalue weighted by atomic mass is 10.0. The van der Waals surface area contributed by atoms with Crippen LogP contribution in [0.2, 0.25) is 0 Å². The Labute approximate surface area is 184 Å². The van der Waals surface area contributed by atoms with Gasteiger partial charge in [-0.3, -0.25) is 9.97 Å². The highest BCUT2D eigenvalue weighted by atomic mass is 16.5. The lowest BCUT2D eigenvalue weighted by Gasteiger charge is -2.10. The molecule has 0 N–H and O–H groups in total. The molecule has 0 atom stereocenters. The van der Waals surface area contributed by atoms with E-state index in [-0.39, 0.29) is 0 Å². The molecule has 3 heterocycles. The molecule has 0 aliphatic carbocycles. The van der Waals surface area contributed by atoms with Gasteiger partial charge in [-0.05, 0) is 66.1 Å². The number of aromatic nitrogens is 3. The molecule has 0 radical (unpaired) electrons. The molecule has 4 heteroatoms. The van der Waals surface area contributed by atoms with Crippen LogP contribution in [0.5, 0.6) is 5.75 Å². The van der Waals surface area contributed by atoms with Crippen molar-refractivity contribution in [3.63, 3.8) is 0 Å². The summed E-state index contributed by atoms with van der Waals surface area (Å²) in [4.78, 5) is 13.8. The van der Waals surface area contributed by atoms with Gasteiger partial charge in [-0.1, -0.05) is 50.5 Å². The first kappa shape index (κ1) is 20.7. The molecular formula is C27H27N3O. The number of ether oxygens (including phenoxy) is 1. The number of pyridine rings is 3. The summed E-state index contributed by atoms with van der Waals surface area (Å²) in [5.41, 5.74) is 5.52. The van der Waals surface area contributed by atoms with Gasteiger partial charge in [-0.15, -0.1) is 0 Å². The molecule has 0 aliphatic heterocycles. The van der Waals surface area contributed by atoms with Crippen LogP contribution in [0, 0.1) is 0 Å². The third kappa shape index (κ3) is 5.54. The Morgan fingerprint density at radius 2 is 1.29 bits per heavy atom. The second kappa shape index (κ2) is 10.5. The van der Waals surface area contributed by atoms with Crippen molar-refractivity contribution in [3.05, 3.63) is 85.2 Å².